The van der Waals surface area contributed by atoms with E-state index in [-0.39, 0.29) is 0 Å². The number of anilines is 1. The summed E-state index contributed by atoms with van der Waals surface area (Å²) < 4.78 is 4.19. The van der Waals surface area contributed by atoms with E-state index < -0.39 is 0 Å². The van der Waals surface area contributed by atoms with E-state index in [9.17, 15) is 0 Å². The third-order valence-electron chi connectivity index (χ3n) is 3.03. The summed E-state index contributed by atoms with van der Waals surface area (Å²) in [5.41, 5.74) is 0. The van der Waals surface area contributed by atoms with Crippen molar-refractivity contribution in [2.75, 3.05) is 5.32 Å². The number of aromatic nitrogens is 2. The summed E-state index contributed by atoms with van der Waals surface area (Å²) in [6.45, 7) is 6.62. The Balaban J connectivity index is 1.94. The van der Waals surface area contributed by atoms with E-state index in [4.69, 9.17) is 0 Å². The first kappa shape index (κ1) is 10.9. The Morgan fingerprint density at radius 1 is 1.20 bits per heavy atom. The molecule has 2 atom stereocenters. The molecule has 1 heterocycles. The van der Waals surface area contributed by atoms with E-state index >= 15 is 0 Å². The molecule has 1 aliphatic carbocycles. The number of rotatable bonds is 2. The Morgan fingerprint density at radius 2 is 1.87 bits per heavy atom. The van der Waals surface area contributed by atoms with Crippen molar-refractivity contribution in [1.82, 2.24) is 9.36 Å². The molecule has 4 heteroatoms. The number of hydrogen-bond acceptors (Lipinski definition) is 4. The fraction of sp³-hybridized carbons (Fsp3) is 0.818. The van der Waals surface area contributed by atoms with Gasteiger partial charge in [0.2, 0.25) is 5.13 Å². The molecule has 2 unspecified atom stereocenters. The van der Waals surface area contributed by atoms with Crippen LogP contribution < -0.4 is 5.32 Å². The molecule has 0 spiro atoms. The Hall–Kier alpha value is -0.640. The van der Waals surface area contributed by atoms with Crippen molar-refractivity contribution in [3.63, 3.8) is 0 Å². The van der Waals surface area contributed by atoms with E-state index in [1.807, 2.05) is 6.92 Å². The van der Waals surface area contributed by atoms with Crippen LogP contribution in [0, 0.1) is 18.8 Å². The monoisotopic (exact) mass is 225 g/mol. The molecule has 0 radical (unpaired) electrons. The van der Waals surface area contributed by atoms with Gasteiger partial charge in [-0.15, -0.1) is 0 Å². The minimum atomic E-state index is 0.594. The van der Waals surface area contributed by atoms with Crippen LogP contribution in [0.3, 0.4) is 0 Å². The van der Waals surface area contributed by atoms with Crippen LogP contribution in [0.2, 0.25) is 0 Å². The molecule has 1 saturated carbocycles. The first-order valence-electron chi connectivity index (χ1n) is 5.70. The van der Waals surface area contributed by atoms with E-state index in [1.54, 1.807) is 0 Å². The third kappa shape index (κ3) is 2.91. The van der Waals surface area contributed by atoms with Crippen LogP contribution in [0.25, 0.3) is 0 Å². The van der Waals surface area contributed by atoms with Gasteiger partial charge in [0.25, 0.3) is 0 Å². The van der Waals surface area contributed by atoms with E-state index in [2.05, 4.69) is 28.5 Å². The summed E-state index contributed by atoms with van der Waals surface area (Å²) in [4.78, 5) is 4.35. The highest BCUT2D eigenvalue weighted by molar-refractivity contribution is 7.09. The molecule has 1 aromatic heterocycles. The van der Waals surface area contributed by atoms with Crippen molar-refractivity contribution >= 4 is 16.7 Å². The van der Waals surface area contributed by atoms with Gasteiger partial charge in [0.15, 0.2) is 0 Å². The fourth-order valence-corrected chi connectivity index (χ4v) is 3.25. The van der Waals surface area contributed by atoms with Gasteiger partial charge in [0, 0.05) is 17.6 Å². The smallest absolute Gasteiger partial charge is 0.202 e. The molecule has 1 fully saturated rings. The molecule has 84 valence electrons. The van der Waals surface area contributed by atoms with Crippen LogP contribution in [0.5, 0.6) is 0 Å². The maximum Gasteiger partial charge on any atom is 0.202 e. The Kier molecular flexibility index (Phi) is 3.24. The summed E-state index contributed by atoms with van der Waals surface area (Å²) in [5.74, 6) is 2.54. The van der Waals surface area contributed by atoms with Crippen LogP contribution in [0.1, 0.15) is 38.9 Å². The maximum atomic E-state index is 4.35. The zero-order valence-corrected chi connectivity index (χ0v) is 10.5. The summed E-state index contributed by atoms with van der Waals surface area (Å²) in [6.07, 6.45) is 3.90. The molecule has 1 aromatic rings. The lowest BCUT2D eigenvalue weighted by Gasteiger charge is -2.31. The molecule has 2 rings (SSSR count). The largest absolute Gasteiger partial charge is 0.358 e. The molecule has 1 aliphatic rings. The van der Waals surface area contributed by atoms with Gasteiger partial charge < -0.3 is 5.32 Å². The van der Waals surface area contributed by atoms with Gasteiger partial charge in [-0.2, -0.15) is 4.37 Å². The highest BCUT2D eigenvalue weighted by atomic mass is 32.1. The van der Waals surface area contributed by atoms with E-state index in [0.29, 0.717) is 6.04 Å². The number of hydrogen-bond donors (Lipinski definition) is 1. The molecule has 0 bridgehead atoms. The summed E-state index contributed by atoms with van der Waals surface area (Å²) >= 11 is 1.47. The fourth-order valence-electron chi connectivity index (χ4n) is 2.60. The third-order valence-corrected chi connectivity index (χ3v) is 3.77. The lowest BCUT2D eigenvalue weighted by Crippen LogP contribution is -2.30. The van der Waals surface area contributed by atoms with Crippen molar-refractivity contribution < 1.29 is 0 Å². The topological polar surface area (TPSA) is 37.8 Å². The van der Waals surface area contributed by atoms with Gasteiger partial charge in [-0.25, -0.2) is 4.98 Å². The summed E-state index contributed by atoms with van der Waals surface area (Å²) in [5, 5.41) is 4.49. The maximum absolute atomic E-state index is 4.35. The quantitative estimate of drug-likeness (QED) is 0.840. The predicted molar refractivity (Wildman–Crippen MR) is 64.2 cm³/mol. The molecular formula is C11H19N3S. The average Bonchev–Trinajstić information content (AvgIpc) is 2.49. The van der Waals surface area contributed by atoms with E-state index in [0.717, 1.165) is 22.8 Å². The Labute approximate surface area is 95.5 Å². The number of nitrogens with zero attached hydrogens (tertiary/aromatic N) is 2. The first-order chi connectivity index (χ1) is 7.13. The molecule has 1 N–H and O–H groups in total. The Bertz CT molecular complexity index is 313. The minimum absolute atomic E-state index is 0.594. The van der Waals surface area contributed by atoms with Crippen molar-refractivity contribution in [1.29, 1.82) is 0 Å². The van der Waals surface area contributed by atoms with Crippen molar-refractivity contribution in [2.45, 2.75) is 46.1 Å². The Morgan fingerprint density at radius 3 is 2.40 bits per heavy atom. The van der Waals surface area contributed by atoms with Crippen molar-refractivity contribution in [3.05, 3.63) is 5.82 Å². The lowest BCUT2D eigenvalue weighted by molar-refractivity contribution is 0.281. The predicted octanol–water partition coefficient (Wildman–Crippen LogP) is 3.08. The molecule has 0 aliphatic heterocycles. The summed E-state index contributed by atoms with van der Waals surface area (Å²) in [7, 11) is 0. The molecule has 15 heavy (non-hydrogen) atoms. The van der Waals surface area contributed by atoms with Gasteiger partial charge >= 0.3 is 0 Å². The SMILES string of the molecule is Cc1nsc(NC2CC(C)CC(C)C2)n1. The second kappa shape index (κ2) is 4.47. The lowest BCUT2D eigenvalue weighted by atomic mass is 9.80. The van der Waals surface area contributed by atoms with E-state index in [1.165, 1.54) is 30.8 Å². The molecule has 3 nitrogen and oxygen atoms in total. The van der Waals surface area contributed by atoms with Gasteiger partial charge in [-0.05, 0) is 38.0 Å². The zero-order chi connectivity index (χ0) is 10.8. The molecular weight excluding hydrogens is 206 g/mol. The highest BCUT2D eigenvalue weighted by Gasteiger charge is 2.24. The first-order valence-corrected chi connectivity index (χ1v) is 6.47. The normalized spacial score (nSPS) is 31.5. The van der Waals surface area contributed by atoms with Crippen LogP contribution >= 0.6 is 11.5 Å². The standard InChI is InChI=1S/C11H19N3S/c1-7-4-8(2)6-10(5-7)13-11-12-9(3)14-15-11/h7-8,10H,4-6H2,1-3H3,(H,12,13,14). The number of nitrogens with one attached hydrogen (secondary N) is 1. The van der Waals surface area contributed by atoms with Crippen molar-refractivity contribution in [2.24, 2.45) is 11.8 Å². The second-order valence-electron chi connectivity index (χ2n) is 4.91. The van der Waals surface area contributed by atoms with Gasteiger partial charge in [0.05, 0.1) is 0 Å². The van der Waals surface area contributed by atoms with Gasteiger partial charge in [0.1, 0.15) is 5.82 Å². The van der Waals surface area contributed by atoms with Crippen LogP contribution in [0.15, 0.2) is 0 Å². The van der Waals surface area contributed by atoms with Crippen LogP contribution in [-0.4, -0.2) is 15.4 Å². The zero-order valence-electron chi connectivity index (χ0n) is 9.66. The minimum Gasteiger partial charge on any atom is -0.358 e. The van der Waals surface area contributed by atoms with Crippen molar-refractivity contribution in [3.8, 4) is 0 Å². The second-order valence-corrected chi connectivity index (χ2v) is 5.66. The molecule has 0 aromatic carbocycles. The van der Waals surface area contributed by atoms with Crippen LogP contribution in [-0.2, 0) is 0 Å². The molecule has 0 saturated heterocycles. The summed E-state index contributed by atoms with van der Waals surface area (Å²) in [6, 6.07) is 0.594. The van der Waals surface area contributed by atoms with Crippen LogP contribution in [0.4, 0.5) is 5.13 Å². The number of aryl methyl sites for hydroxylation is 1. The van der Waals surface area contributed by atoms with Gasteiger partial charge in [-0.3, -0.25) is 0 Å². The average molecular weight is 225 g/mol. The highest BCUT2D eigenvalue weighted by Crippen LogP contribution is 2.30. The molecule has 0 amide bonds. The van der Waals surface area contributed by atoms with Gasteiger partial charge in [-0.1, -0.05) is 13.8 Å².